The molecule has 1 saturated heterocycles. The Balaban J connectivity index is 0.000000445. The van der Waals surface area contributed by atoms with Crippen LogP contribution < -0.4 is 5.73 Å². The number of carbonyl (C=O) groups is 2. The van der Waals surface area contributed by atoms with Crippen molar-refractivity contribution in [2.75, 3.05) is 19.3 Å². The second-order valence-electron chi connectivity index (χ2n) is 6.06. The molecule has 3 atom stereocenters. The number of thioether (sulfide) groups is 1. The van der Waals surface area contributed by atoms with Gasteiger partial charge in [0.05, 0.1) is 12.6 Å². The number of carboxylic acid groups (broad SMARTS) is 1. The van der Waals surface area contributed by atoms with Crippen molar-refractivity contribution in [1.29, 1.82) is 0 Å². The number of likely N-dealkylation sites (tertiary alicyclic amines) is 1. The van der Waals surface area contributed by atoms with E-state index in [4.69, 9.17) is 15.6 Å². The lowest BCUT2D eigenvalue weighted by atomic mass is 9.93. The zero-order chi connectivity index (χ0) is 20.8. The van der Waals surface area contributed by atoms with E-state index in [0.29, 0.717) is 13.0 Å². The zero-order valence-electron chi connectivity index (χ0n) is 14.9. The SMILES string of the molecule is CSc1ccc([C@H](C)[C@H](N)C(=O)N2CC[C@H](F)C2)cc1.O=C(O)C(F)(F)F. The van der Waals surface area contributed by atoms with Gasteiger partial charge in [-0.1, -0.05) is 19.1 Å². The number of amides is 1. The van der Waals surface area contributed by atoms with Gasteiger partial charge in [0, 0.05) is 17.4 Å². The van der Waals surface area contributed by atoms with Gasteiger partial charge in [0.15, 0.2) is 0 Å². The van der Waals surface area contributed by atoms with Crippen LogP contribution in [0.3, 0.4) is 0 Å². The molecule has 0 radical (unpaired) electrons. The van der Waals surface area contributed by atoms with E-state index >= 15 is 0 Å². The molecule has 0 bridgehead atoms. The van der Waals surface area contributed by atoms with E-state index in [1.54, 1.807) is 16.7 Å². The van der Waals surface area contributed by atoms with E-state index < -0.39 is 24.4 Å². The smallest absolute Gasteiger partial charge is 0.475 e. The minimum Gasteiger partial charge on any atom is -0.475 e. The van der Waals surface area contributed by atoms with Gasteiger partial charge in [-0.05, 0) is 30.4 Å². The van der Waals surface area contributed by atoms with Gasteiger partial charge in [-0.15, -0.1) is 11.8 Å². The van der Waals surface area contributed by atoms with Gasteiger partial charge in [-0.2, -0.15) is 13.2 Å². The van der Waals surface area contributed by atoms with Crippen LogP contribution in [-0.4, -0.2) is 59.6 Å². The predicted molar refractivity (Wildman–Crippen MR) is 94.4 cm³/mol. The first-order chi connectivity index (χ1) is 12.5. The highest BCUT2D eigenvalue weighted by Crippen LogP contribution is 2.24. The number of carbonyl (C=O) groups excluding carboxylic acids is 1. The Hall–Kier alpha value is -1.81. The number of carboxylic acids is 1. The Morgan fingerprint density at radius 1 is 1.30 bits per heavy atom. The van der Waals surface area contributed by atoms with Gasteiger partial charge in [-0.25, -0.2) is 9.18 Å². The minimum atomic E-state index is -5.08. The Kier molecular flexibility index (Phi) is 8.55. The van der Waals surface area contributed by atoms with E-state index in [1.165, 1.54) is 4.90 Å². The standard InChI is InChI=1S/C15H21FN2OS.C2HF3O2/c1-10(11-3-5-13(20-2)6-4-11)14(17)15(19)18-8-7-12(16)9-18;3-2(4,5)1(6)7/h3-6,10,12,14H,7-9,17H2,1-2H3;(H,6,7)/t10-,12-,14-;/m0./s1. The quantitative estimate of drug-likeness (QED) is 0.589. The fraction of sp³-hybridized carbons (Fsp3) is 0.529. The fourth-order valence-electron chi connectivity index (χ4n) is 2.46. The molecular weight excluding hydrogens is 388 g/mol. The number of aliphatic carboxylic acids is 1. The van der Waals surface area contributed by atoms with Gasteiger partial charge in [-0.3, -0.25) is 4.79 Å². The molecule has 0 spiro atoms. The minimum absolute atomic E-state index is 0.0722. The number of rotatable bonds is 4. The van der Waals surface area contributed by atoms with E-state index in [0.717, 1.165) is 5.56 Å². The Bertz CT molecular complexity index is 640. The maximum Gasteiger partial charge on any atom is 0.490 e. The normalized spacial score (nSPS) is 19.1. The highest BCUT2D eigenvalue weighted by Gasteiger charge is 2.38. The number of nitrogens with zero attached hydrogens (tertiary/aromatic N) is 1. The molecule has 2 rings (SSSR count). The second-order valence-corrected chi connectivity index (χ2v) is 6.94. The maximum absolute atomic E-state index is 13.2. The molecular formula is C17H22F4N2O3S. The number of benzene rings is 1. The third-order valence-electron chi connectivity index (χ3n) is 4.15. The van der Waals surface area contributed by atoms with Crippen LogP contribution in [0.5, 0.6) is 0 Å². The van der Waals surface area contributed by atoms with Crippen molar-refractivity contribution in [3.8, 4) is 0 Å². The average molecular weight is 410 g/mol. The zero-order valence-corrected chi connectivity index (χ0v) is 15.7. The molecule has 5 nitrogen and oxygen atoms in total. The number of halogens is 4. The molecule has 1 aromatic carbocycles. The summed E-state index contributed by atoms with van der Waals surface area (Å²) in [6, 6.07) is 7.46. The van der Waals surface area contributed by atoms with Crippen molar-refractivity contribution >= 4 is 23.6 Å². The molecule has 3 N–H and O–H groups in total. The molecule has 0 aliphatic carbocycles. The van der Waals surface area contributed by atoms with Gasteiger partial charge >= 0.3 is 12.1 Å². The molecule has 1 fully saturated rings. The monoisotopic (exact) mass is 410 g/mol. The summed E-state index contributed by atoms with van der Waals surface area (Å²) in [7, 11) is 0. The summed E-state index contributed by atoms with van der Waals surface area (Å²) in [5.74, 6) is -2.98. The molecule has 1 aliphatic rings. The van der Waals surface area contributed by atoms with Gasteiger partial charge in [0.25, 0.3) is 0 Å². The largest absolute Gasteiger partial charge is 0.490 e. The topological polar surface area (TPSA) is 83.6 Å². The van der Waals surface area contributed by atoms with Crippen molar-refractivity contribution in [2.24, 2.45) is 5.73 Å². The Labute approximate surface area is 158 Å². The molecule has 0 aromatic heterocycles. The van der Waals surface area contributed by atoms with Crippen LogP contribution in [0.4, 0.5) is 17.6 Å². The van der Waals surface area contributed by atoms with Gasteiger partial charge < -0.3 is 15.7 Å². The average Bonchev–Trinajstić information content (AvgIpc) is 3.06. The first kappa shape index (κ1) is 23.2. The van der Waals surface area contributed by atoms with Crippen molar-refractivity contribution < 1.29 is 32.3 Å². The van der Waals surface area contributed by atoms with Crippen LogP contribution in [-0.2, 0) is 9.59 Å². The van der Waals surface area contributed by atoms with Gasteiger partial charge in [0.1, 0.15) is 6.17 Å². The van der Waals surface area contributed by atoms with Crippen LogP contribution in [0.15, 0.2) is 29.2 Å². The lowest BCUT2D eigenvalue weighted by Crippen LogP contribution is -2.45. The van der Waals surface area contributed by atoms with Crippen molar-refractivity contribution in [3.63, 3.8) is 0 Å². The number of hydrogen-bond donors (Lipinski definition) is 2. The summed E-state index contributed by atoms with van der Waals surface area (Å²) < 4.78 is 44.9. The number of alkyl halides is 4. The molecule has 27 heavy (non-hydrogen) atoms. The van der Waals surface area contributed by atoms with Gasteiger partial charge in [0.2, 0.25) is 5.91 Å². The summed E-state index contributed by atoms with van der Waals surface area (Å²) in [5.41, 5.74) is 7.11. The highest BCUT2D eigenvalue weighted by molar-refractivity contribution is 7.98. The summed E-state index contributed by atoms with van der Waals surface area (Å²) in [4.78, 5) is 23.9. The Morgan fingerprint density at radius 2 is 1.81 bits per heavy atom. The van der Waals surface area contributed by atoms with Crippen molar-refractivity contribution in [2.45, 2.75) is 42.5 Å². The predicted octanol–water partition coefficient (Wildman–Crippen LogP) is 3.04. The van der Waals surface area contributed by atoms with Crippen LogP contribution in [0.25, 0.3) is 0 Å². The summed E-state index contributed by atoms with van der Waals surface area (Å²) >= 11 is 1.68. The first-order valence-electron chi connectivity index (χ1n) is 8.09. The van der Waals surface area contributed by atoms with E-state index in [2.05, 4.69) is 0 Å². The van der Waals surface area contributed by atoms with E-state index in [-0.39, 0.29) is 18.4 Å². The fourth-order valence-corrected chi connectivity index (χ4v) is 2.87. The highest BCUT2D eigenvalue weighted by atomic mass is 32.2. The number of nitrogens with two attached hydrogens (primary N) is 1. The summed E-state index contributed by atoms with van der Waals surface area (Å²) in [5, 5.41) is 7.12. The van der Waals surface area contributed by atoms with E-state index in [1.807, 2.05) is 37.4 Å². The molecule has 1 aromatic rings. The number of hydrogen-bond acceptors (Lipinski definition) is 4. The molecule has 152 valence electrons. The van der Waals surface area contributed by atoms with E-state index in [9.17, 15) is 22.4 Å². The third-order valence-corrected chi connectivity index (χ3v) is 4.89. The molecule has 10 heteroatoms. The third kappa shape index (κ3) is 7.02. The van der Waals surface area contributed by atoms with Crippen LogP contribution >= 0.6 is 11.8 Å². The summed E-state index contributed by atoms with van der Waals surface area (Å²) in [6.07, 6.45) is -3.54. The lowest BCUT2D eigenvalue weighted by Gasteiger charge is -2.25. The molecule has 0 unspecified atom stereocenters. The van der Waals surface area contributed by atoms with Crippen LogP contribution in [0, 0.1) is 0 Å². The lowest BCUT2D eigenvalue weighted by molar-refractivity contribution is -0.192. The molecule has 0 saturated carbocycles. The molecule has 1 amide bonds. The van der Waals surface area contributed by atoms with Crippen LogP contribution in [0.2, 0.25) is 0 Å². The molecule has 1 aliphatic heterocycles. The second kappa shape index (κ2) is 9.93. The maximum atomic E-state index is 13.2. The summed E-state index contributed by atoms with van der Waals surface area (Å²) in [6.45, 7) is 2.61. The van der Waals surface area contributed by atoms with Crippen molar-refractivity contribution in [1.82, 2.24) is 4.90 Å². The van der Waals surface area contributed by atoms with Crippen LogP contribution in [0.1, 0.15) is 24.8 Å². The molecule has 1 heterocycles. The Morgan fingerprint density at radius 3 is 2.19 bits per heavy atom. The first-order valence-corrected chi connectivity index (χ1v) is 9.32. The van der Waals surface area contributed by atoms with Crippen molar-refractivity contribution in [3.05, 3.63) is 29.8 Å².